The topological polar surface area (TPSA) is 80.7 Å². The minimum Gasteiger partial charge on any atom is -0.487 e. The SMILES string of the molecule is CC#CC(=NOCCNC)c1ccc2ncnc(Nc3ccc(OCc4cccc(F)c4)c(Cl)c3)c2c1. The smallest absolute Gasteiger partial charge is 0.159 e. The summed E-state index contributed by atoms with van der Waals surface area (Å²) in [5, 5.41) is 11.7. The van der Waals surface area contributed by atoms with E-state index in [1.165, 1.54) is 18.5 Å². The van der Waals surface area contributed by atoms with Gasteiger partial charge in [-0.25, -0.2) is 14.4 Å². The van der Waals surface area contributed by atoms with E-state index >= 15 is 0 Å². The van der Waals surface area contributed by atoms with Gasteiger partial charge in [-0.3, -0.25) is 0 Å². The van der Waals surface area contributed by atoms with Gasteiger partial charge in [-0.05, 0) is 74.0 Å². The number of oxime groups is 1. The van der Waals surface area contributed by atoms with Crippen LogP contribution in [0.4, 0.5) is 15.9 Å². The van der Waals surface area contributed by atoms with Crippen LogP contribution in [-0.4, -0.2) is 35.9 Å². The number of ether oxygens (including phenoxy) is 1. The zero-order valence-electron chi connectivity index (χ0n) is 20.4. The molecule has 0 unspecified atom stereocenters. The average Bonchev–Trinajstić information content (AvgIpc) is 2.90. The summed E-state index contributed by atoms with van der Waals surface area (Å²) < 4.78 is 19.2. The molecule has 0 amide bonds. The highest BCUT2D eigenvalue weighted by molar-refractivity contribution is 6.32. The first-order valence-electron chi connectivity index (χ1n) is 11.5. The van der Waals surface area contributed by atoms with Gasteiger partial charge in [0.25, 0.3) is 0 Å². The van der Waals surface area contributed by atoms with Crippen molar-refractivity contribution in [2.45, 2.75) is 13.5 Å². The molecule has 4 aromatic rings. The van der Waals surface area contributed by atoms with Crippen molar-refractivity contribution < 1.29 is 14.0 Å². The van der Waals surface area contributed by atoms with Crippen LogP contribution in [0.25, 0.3) is 10.9 Å². The van der Waals surface area contributed by atoms with Crippen molar-refractivity contribution in [3.05, 3.63) is 89.0 Å². The first-order chi connectivity index (χ1) is 18.1. The number of benzene rings is 3. The summed E-state index contributed by atoms with van der Waals surface area (Å²) >= 11 is 6.46. The van der Waals surface area contributed by atoms with Crippen LogP contribution in [0.2, 0.25) is 5.02 Å². The van der Waals surface area contributed by atoms with Crippen LogP contribution >= 0.6 is 11.6 Å². The second-order valence-corrected chi connectivity index (χ2v) is 8.30. The van der Waals surface area contributed by atoms with Gasteiger partial charge in [0.05, 0.1) is 10.5 Å². The van der Waals surface area contributed by atoms with E-state index in [9.17, 15) is 4.39 Å². The molecule has 0 saturated heterocycles. The number of hydrogen-bond donors (Lipinski definition) is 2. The Bertz CT molecular complexity index is 1480. The Hall–Kier alpha value is -4.19. The van der Waals surface area contributed by atoms with Crippen molar-refractivity contribution in [2.75, 3.05) is 25.5 Å². The Balaban J connectivity index is 1.55. The van der Waals surface area contributed by atoms with E-state index in [-0.39, 0.29) is 12.4 Å². The molecule has 37 heavy (non-hydrogen) atoms. The lowest BCUT2D eigenvalue weighted by atomic mass is 10.1. The van der Waals surface area contributed by atoms with Gasteiger partial charge in [0, 0.05) is 23.2 Å². The molecule has 0 aliphatic heterocycles. The molecule has 1 heterocycles. The number of halogens is 2. The number of rotatable bonds is 10. The Morgan fingerprint density at radius 3 is 2.78 bits per heavy atom. The first-order valence-corrected chi connectivity index (χ1v) is 11.9. The standard InChI is InChI=1S/C28H25ClFN5O2/c1-3-5-25(35-37-13-12-31-2)20-8-10-26-23(15-20)28(33-18-32-26)34-22-9-11-27(24(29)16-22)36-17-19-6-4-7-21(30)14-19/h4,6-11,14-16,18,31H,12-13,17H2,1-2H3,(H,32,33,34). The van der Waals surface area contributed by atoms with Gasteiger partial charge in [-0.1, -0.05) is 34.8 Å². The molecule has 0 saturated carbocycles. The fourth-order valence-corrected chi connectivity index (χ4v) is 3.68. The summed E-state index contributed by atoms with van der Waals surface area (Å²) in [6, 6.07) is 17.3. The second kappa shape index (κ2) is 12.7. The fourth-order valence-electron chi connectivity index (χ4n) is 3.45. The van der Waals surface area contributed by atoms with Crippen LogP contribution < -0.4 is 15.4 Å². The maximum atomic E-state index is 13.4. The number of hydrogen-bond acceptors (Lipinski definition) is 7. The number of anilines is 2. The predicted octanol–water partition coefficient (Wildman–Crippen LogP) is 5.71. The molecule has 0 aliphatic carbocycles. The van der Waals surface area contributed by atoms with E-state index in [0.29, 0.717) is 46.7 Å². The van der Waals surface area contributed by atoms with Crippen molar-refractivity contribution >= 4 is 39.7 Å². The van der Waals surface area contributed by atoms with Crippen molar-refractivity contribution in [2.24, 2.45) is 5.16 Å². The van der Waals surface area contributed by atoms with E-state index in [1.54, 1.807) is 31.2 Å². The zero-order valence-corrected chi connectivity index (χ0v) is 21.1. The molecule has 4 rings (SSSR count). The Morgan fingerprint density at radius 1 is 1.11 bits per heavy atom. The highest BCUT2D eigenvalue weighted by Crippen LogP contribution is 2.31. The van der Waals surface area contributed by atoms with Crippen molar-refractivity contribution in [3.8, 4) is 17.6 Å². The van der Waals surface area contributed by atoms with E-state index < -0.39 is 0 Å². The van der Waals surface area contributed by atoms with E-state index in [4.69, 9.17) is 21.2 Å². The van der Waals surface area contributed by atoms with Gasteiger partial charge in [0.1, 0.15) is 36.9 Å². The molecule has 0 radical (unpaired) electrons. The van der Waals surface area contributed by atoms with Gasteiger partial charge in [-0.15, -0.1) is 0 Å². The molecule has 2 N–H and O–H groups in total. The van der Waals surface area contributed by atoms with Crippen molar-refractivity contribution in [3.63, 3.8) is 0 Å². The summed E-state index contributed by atoms with van der Waals surface area (Å²) in [7, 11) is 1.85. The fraction of sp³-hybridized carbons (Fsp3) is 0.179. The lowest BCUT2D eigenvalue weighted by molar-refractivity contribution is 0.148. The molecule has 0 atom stereocenters. The van der Waals surface area contributed by atoms with Crippen LogP contribution in [0.1, 0.15) is 18.1 Å². The zero-order chi connectivity index (χ0) is 26.0. The molecule has 0 fully saturated rings. The van der Waals surface area contributed by atoms with E-state index in [2.05, 4.69) is 37.6 Å². The van der Waals surface area contributed by atoms with Crippen LogP contribution in [0.15, 0.2) is 72.1 Å². The molecule has 3 aromatic carbocycles. The molecule has 1 aromatic heterocycles. The highest BCUT2D eigenvalue weighted by atomic mass is 35.5. The number of nitrogens with zero attached hydrogens (tertiary/aromatic N) is 3. The van der Waals surface area contributed by atoms with Crippen molar-refractivity contribution in [1.29, 1.82) is 0 Å². The van der Waals surface area contributed by atoms with Gasteiger partial charge >= 0.3 is 0 Å². The largest absolute Gasteiger partial charge is 0.487 e. The van der Waals surface area contributed by atoms with Crippen LogP contribution in [0, 0.1) is 17.7 Å². The monoisotopic (exact) mass is 517 g/mol. The average molecular weight is 518 g/mol. The van der Waals surface area contributed by atoms with Crippen LogP contribution in [-0.2, 0) is 11.4 Å². The molecule has 9 heteroatoms. The molecule has 188 valence electrons. The third-order valence-corrected chi connectivity index (χ3v) is 5.52. The maximum absolute atomic E-state index is 13.4. The van der Waals surface area contributed by atoms with E-state index in [1.807, 2.05) is 31.3 Å². The Labute approximate surface area is 219 Å². The number of aromatic nitrogens is 2. The molecular formula is C28H25ClFN5O2. The number of fused-ring (bicyclic) bond motifs is 1. The minimum atomic E-state index is -0.312. The van der Waals surface area contributed by atoms with Gasteiger partial charge < -0.3 is 20.2 Å². The third-order valence-electron chi connectivity index (χ3n) is 5.23. The third kappa shape index (κ3) is 6.94. The summed E-state index contributed by atoms with van der Waals surface area (Å²) in [4.78, 5) is 14.2. The summed E-state index contributed by atoms with van der Waals surface area (Å²) in [5.74, 6) is 6.64. The van der Waals surface area contributed by atoms with Crippen molar-refractivity contribution in [1.82, 2.24) is 15.3 Å². The van der Waals surface area contributed by atoms with Crippen LogP contribution in [0.5, 0.6) is 5.75 Å². The normalized spacial score (nSPS) is 11.1. The Kier molecular flexibility index (Phi) is 8.87. The molecule has 0 spiro atoms. The highest BCUT2D eigenvalue weighted by Gasteiger charge is 2.10. The number of nitrogens with one attached hydrogen (secondary N) is 2. The van der Waals surface area contributed by atoms with Gasteiger partial charge in [0.2, 0.25) is 0 Å². The van der Waals surface area contributed by atoms with Gasteiger partial charge in [-0.2, -0.15) is 0 Å². The molecular weight excluding hydrogens is 493 g/mol. The minimum absolute atomic E-state index is 0.201. The second-order valence-electron chi connectivity index (χ2n) is 7.89. The maximum Gasteiger partial charge on any atom is 0.159 e. The van der Waals surface area contributed by atoms with Gasteiger partial charge in [0.15, 0.2) is 5.71 Å². The molecule has 0 aliphatic rings. The first kappa shape index (κ1) is 25.9. The van der Waals surface area contributed by atoms with E-state index in [0.717, 1.165) is 16.5 Å². The van der Waals surface area contributed by atoms with Crippen LogP contribution in [0.3, 0.4) is 0 Å². The summed E-state index contributed by atoms with van der Waals surface area (Å²) in [5.41, 5.74) is 3.47. The number of likely N-dealkylation sites (N-methyl/N-ethyl adjacent to an activating group) is 1. The Morgan fingerprint density at radius 2 is 2.00 bits per heavy atom. The summed E-state index contributed by atoms with van der Waals surface area (Å²) in [6.07, 6.45) is 1.49. The molecule has 7 nitrogen and oxygen atoms in total. The molecule has 0 bridgehead atoms. The lowest BCUT2D eigenvalue weighted by Crippen LogP contribution is -2.13. The lowest BCUT2D eigenvalue weighted by Gasteiger charge is -2.12. The predicted molar refractivity (Wildman–Crippen MR) is 145 cm³/mol. The summed E-state index contributed by atoms with van der Waals surface area (Å²) in [6.45, 7) is 3.05. The quantitative estimate of drug-likeness (QED) is 0.121.